The lowest BCUT2D eigenvalue weighted by Gasteiger charge is -2.07. The highest BCUT2D eigenvalue weighted by Gasteiger charge is 2.16. The van der Waals surface area contributed by atoms with Crippen molar-refractivity contribution < 1.29 is 8.42 Å². The van der Waals surface area contributed by atoms with Crippen LogP contribution in [0.25, 0.3) is 0 Å². The van der Waals surface area contributed by atoms with Gasteiger partial charge in [-0.05, 0) is 24.6 Å². The zero-order valence-electron chi connectivity index (χ0n) is 11.2. The molecule has 0 aliphatic carbocycles. The third-order valence-electron chi connectivity index (χ3n) is 2.83. The van der Waals surface area contributed by atoms with Crippen LogP contribution in [0, 0.1) is 6.92 Å². The summed E-state index contributed by atoms with van der Waals surface area (Å²) >= 11 is 6.04. The van der Waals surface area contributed by atoms with Crippen molar-refractivity contribution in [1.29, 1.82) is 0 Å². The number of hydrogen-bond acceptors (Lipinski definition) is 3. The molecule has 20 heavy (non-hydrogen) atoms. The van der Waals surface area contributed by atoms with Gasteiger partial charge >= 0.3 is 0 Å². The zero-order valence-corrected chi connectivity index (χ0v) is 12.7. The van der Waals surface area contributed by atoms with E-state index in [2.05, 4.69) is 4.99 Å². The van der Waals surface area contributed by atoms with Gasteiger partial charge in [-0.15, -0.1) is 0 Å². The lowest BCUT2D eigenvalue weighted by molar-refractivity contribution is 0.612. The van der Waals surface area contributed by atoms with Crippen LogP contribution in [-0.4, -0.2) is 19.7 Å². The highest BCUT2D eigenvalue weighted by molar-refractivity contribution is 8.06. The first-order valence-electron chi connectivity index (χ1n) is 5.99. The Kier molecular flexibility index (Phi) is 4.26. The van der Waals surface area contributed by atoms with Crippen molar-refractivity contribution in [1.82, 2.24) is 0 Å². The molecule has 2 aromatic rings. The molecule has 2 aromatic carbocycles. The third kappa shape index (κ3) is 3.26. The lowest BCUT2D eigenvalue weighted by Crippen LogP contribution is -2.14. The fourth-order valence-corrected chi connectivity index (χ4v) is 2.77. The van der Waals surface area contributed by atoms with Gasteiger partial charge in [-0.2, -0.15) is 0 Å². The molecule has 0 aliphatic rings. The second-order valence-electron chi connectivity index (χ2n) is 4.44. The molecule has 3 nitrogen and oxygen atoms in total. The van der Waals surface area contributed by atoms with Gasteiger partial charge in [0.1, 0.15) is 0 Å². The van der Waals surface area contributed by atoms with E-state index in [4.69, 9.17) is 11.6 Å². The molecule has 0 bridgehead atoms. The molecule has 0 aromatic heterocycles. The van der Waals surface area contributed by atoms with E-state index >= 15 is 0 Å². The first-order chi connectivity index (χ1) is 9.39. The van der Waals surface area contributed by atoms with Gasteiger partial charge in [-0.1, -0.05) is 48.0 Å². The summed E-state index contributed by atoms with van der Waals surface area (Å²) in [5.41, 5.74) is 1.88. The molecule has 0 saturated carbocycles. The van der Waals surface area contributed by atoms with Crippen molar-refractivity contribution in [3.63, 3.8) is 0 Å². The van der Waals surface area contributed by atoms with Crippen LogP contribution in [0.3, 0.4) is 0 Å². The maximum Gasteiger partial charge on any atom is 0.193 e. The summed E-state index contributed by atoms with van der Waals surface area (Å²) < 4.78 is 23.9. The molecule has 104 valence electrons. The normalized spacial score (nSPS) is 12.4. The molecule has 0 atom stereocenters. The van der Waals surface area contributed by atoms with E-state index in [-0.39, 0.29) is 5.04 Å². The highest BCUT2D eigenvalue weighted by Crippen LogP contribution is 2.26. The highest BCUT2D eigenvalue weighted by atomic mass is 35.5. The molecular formula is C15H14ClNO2S. The van der Waals surface area contributed by atoms with Crippen LogP contribution in [0.2, 0.25) is 5.02 Å². The van der Waals surface area contributed by atoms with Crippen LogP contribution in [-0.2, 0) is 9.84 Å². The molecule has 0 unspecified atom stereocenters. The van der Waals surface area contributed by atoms with Crippen molar-refractivity contribution in [2.24, 2.45) is 4.99 Å². The molecule has 0 N–H and O–H groups in total. The van der Waals surface area contributed by atoms with Crippen molar-refractivity contribution >= 4 is 32.2 Å². The Morgan fingerprint density at radius 2 is 1.70 bits per heavy atom. The van der Waals surface area contributed by atoms with Gasteiger partial charge in [0.25, 0.3) is 0 Å². The Bertz CT molecular complexity index is 753. The van der Waals surface area contributed by atoms with Crippen molar-refractivity contribution in [2.75, 3.05) is 6.26 Å². The fourth-order valence-electron chi connectivity index (χ4n) is 1.77. The van der Waals surface area contributed by atoms with Crippen molar-refractivity contribution in [3.05, 3.63) is 64.7 Å². The summed E-state index contributed by atoms with van der Waals surface area (Å²) in [5, 5.41) is 0.607. The third-order valence-corrected chi connectivity index (χ3v) is 4.27. The summed E-state index contributed by atoms with van der Waals surface area (Å²) in [4.78, 5) is 4.30. The average Bonchev–Trinajstić information content (AvgIpc) is 2.40. The minimum atomic E-state index is -3.44. The van der Waals surface area contributed by atoms with Gasteiger partial charge in [0, 0.05) is 16.8 Å². The maximum absolute atomic E-state index is 12.0. The van der Waals surface area contributed by atoms with Crippen LogP contribution in [0.4, 0.5) is 5.69 Å². The summed E-state index contributed by atoms with van der Waals surface area (Å²) in [5.74, 6) is 0. The predicted molar refractivity (Wildman–Crippen MR) is 83.7 cm³/mol. The largest absolute Gasteiger partial charge is 0.236 e. The lowest BCUT2D eigenvalue weighted by atomic mass is 10.2. The minimum Gasteiger partial charge on any atom is -0.236 e. The van der Waals surface area contributed by atoms with Gasteiger partial charge in [0.05, 0.1) is 5.69 Å². The standard InChI is InChI=1S/C15H14ClNO2S/c1-11-13(16)9-6-10-14(11)17-15(20(2,18)19)12-7-4-3-5-8-12/h3-10H,1-2H3. The van der Waals surface area contributed by atoms with Crippen molar-refractivity contribution in [3.8, 4) is 0 Å². The van der Waals surface area contributed by atoms with E-state index in [0.29, 0.717) is 16.3 Å². The molecule has 0 aliphatic heterocycles. The fraction of sp³-hybridized carbons (Fsp3) is 0.133. The Labute approximate surface area is 123 Å². The predicted octanol–water partition coefficient (Wildman–Crippen LogP) is 3.77. The van der Waals surface area contributed by atoms with E-state index in [1.165, 1.54) is 0 Å². The molecule has 0 saturated heterocycles. The topological polar surface area (TPSA) is 46.5 Å². The van der Waals surface area contributed by atoms with E-state index < -0.39 is 9.84 Å². The Balaban J connectivity index is 2.65. The number of hydrogen-bond donors (Lipinski definition) is 0. The second-order valence-corrected chi connectivity index (χ2v) is 6.78. The van der Waals surface area contributed by atoms with E-state index in [0.717, 1.165) is 11.8 Å². The van der Waals surface area contributed by atoms with E-state index in [1.807, 2.05) is 13.0 Å². The molecule has 0 amide bonds. The average molecular weight is 308 g/mol. The SMILES string of the molecule is Cc1c(Cl)cccc1N=C(c1ccccc1)S(C)(=O)=O. The van der Waals surface area contributed by atoms with Crippen LogP contribution in [0.1, 0.15) is 11.1 Å². The molecule has 5 heteroatoms. The number of nitrogens with zero attached hydrogens (tertiary/aromatic N) is 1. The maximum atomic E-state index is 12.0. The summed E-state index contributed by atoms with van der Waals surface area (Å²) in [6.07, 6.45) is 1.15. The first-order valence-corrected chi connectivity index (χ1v) is 8.26. The van der Waals surface area contributed by atoms with Gasteiger partial charge in [0.2, 0.25) is 0 Å². The van der Waals surface area contributed by atoms with Gasteiger partial charge < -0.3 is 0 Å². The molecule has 0 heterocycles. The number of halogens is 1. The molecule has 0 radical (unpaired) electrons. The summed E-state index contributed by atoms with van der Waals surface area (Å²) in [6.45, 7) is 1.81. The Morgan fingerprint density at radius 3 is 2.30 bits per heavy atom. The van der Waals surface area contributed by atoms with Crippen LogP contribution in [0.15, 0.2) is 53.5 Å². The van der Waals surface area contributed by atoms with Crippen LogP contribution in [0.5, 0.6) is 0 Å². The van der Waals surface area contributed by atoms with Crippen molar-refractivity contribution in [2.45, 2.75) is 6.92 Å². The molecule has 0 spiro atoms. The van der Waals surface area contributed by atoms with Crippen LogP contribution >= 0.6 is 11.6 Å². The zero-order chi connectivity index (χ0) is 14.8. The van der Waals surface area contributed by atoms with Gasteiger partial charge in [-0.3, -0.25) is 0 Å². The first kappa shape index (κ1) is 14.8. The number of aliphatic imine (C=N–C) groups is 1. The molecular weight excluding hydrogens is 294 g/mol. The molecule has 2 rings (SSSR count). The van der Waals surface area contributed by atoms with E-state index in [1.54, 1.807) is 42.5 Å². The second kappa shape index (κ2) is 5.77. The number of benzene rings is 2. The summed E-state index contributed by atoms with van der Waals surface area (Å²) in [7, 11) is -3.44. The number of rotatable bonds is 2. The molecule has 0 fully saturated rings. The quantitative estimate of drug-likeness (QED) is 0.626. The monoisotopic (exact) mass is 307 g/mol. The summed E-state index contributed by atoms with van der Waals surface area (Å²) in [6, 6.07) is 14.1. The Morgan fingerprint density at radius 1 is 1.05 bits per heavy atom. The van der Waals surface area contributed by atoms with Gasteiger partial charge in [-0.25, -0.2) is 13.4 Å². The van der Waals surface area contributed by atoms with Crippen LogP contribution < -0.4 is 0 Å². The number of sulfone groups is 1. The van der Waals surface area contributed by atoms with E-state index in [9.17, 15) is 8.42 Å². The van der Waals surface area contributed by atoms with Gasteiger partial charge in [0.15, 0.2) is 14.9 Å². The Hall–Kier alpha value is -1.65. The smallest absolute Gasteiger partial charge is 0.193 e. The minimum absolute atomic E-state index is 0.0449.